The lowest BCUT2D eigenvalue weighted by Crippen LogP contribution is -2.22. The molecule has 0 aliphatic carbocycles. The van der Waals surface area contributed by atoms with Crippen LogP contribution in [0.15, 0.2) is 40.4 Å². The number of ether oxygens (including phenoxy) is 1. The predicted molar refractivity (Wildman–Crippen MR) is 98.0 cm³/mol. The third-order valence-corrected chi connectivity index (χ3v) is 5.99. The predicted octanol–water partition coefficient (Wildman–Crippen LogP) is 0.754. The number of thiazole rings is 1. The average molecular weight is 408 g/mol. The molecule has 11 heteroatoms. The van der Waals surface area contributed by atoms with E-state index in [0.717, 1.165) is 17.6 Å². The van der Waals surface area contributed by atoms with Crippen LogP contribution in [0.5, 0.6) is 0 Å². The maximum Gasteiger partial charge on any atom is 0.325 e. The van der Waals surface area contributed by atoms with Crippen molar-refractivity contribution < 1.29 is 22.7 Å². The van der Waals surface area contributed by atoms with Gasteiger partial charge in [-0.05, 0) is 24.3 Å². The van der Waals surface area contributed by atoms with E-state index in [4.69, 9.17) is 4.74 Å². The maximum atomic E-state index is 12.5. The topological polar surface area (TPSA) is 113 Å². The molecule has 0 atom stereocenters. The lowest BCUT2D eigenvalue weighted by molar-refractivity contribution is -0.141. The van der Waals surface area contributed by atoms with Crippen LogP contribution in [0.4, 0.5) is 0 Å². The molecule has 0 fully saturated rings. The highest BCUT2D eigenvalue weighted by molar-refractivity contribution is 7.90. The Morgan fingerprint density at radius 1 is 1.30 bits per heavy atom. The summed E-state index contributed by atoms with van der Waals surface area (Å²) >= 11 is 1.11. The van der Waals surface area contributed by atoms with Crippen LogP contribution in [0.2, 0.25) is 0 Å². The van der Waals surface area contributed by atoms with E-state index in [1.54, 1.807) is 13.1 Å². The number of aryl methyl sites for hydroxylation is 1. The number of amides is 1. The Bertz CT molecular complexity index is 1220. The zero-order valence-electron chi connectivity index (χ0n) is 14.7. The van der Waals surface area contributed by atoms with E-state index in [-0.39, 0.29) is 21.9 Å². The highest BCUT2D eigenvalue weighted by atomic mass is 32.2. The summed E-state index contributed by atoms with van der Waals surface area (Å²) in [6, 6.07) is 6.06. The van der Waals surface area contributed by atoms with Gasteiger partial charge in [0, 0.05) is 19.5 Å². The lowest BCUT2D eigenvalue weighted by atomic mass is 10.3. The molecule has 3 aromatic rings. The third kappa shape index (κ3) is 3.83. The molecule has 0 saturated heterocycles. The van der Waals surface area contributed by atoms with Gasteiger partial charge in [-0.1, -0.05) is 11.3 Å². The Hall–Kier alpha value is -2.79. The number of nitrogens with zero attached hydrogens (tertiary/aromatic N) is 4. The van der Waals surface area contributed by atoms with Gasteiger partial charge in [-0.3, -0.25) is 14.3 Å². The van der Waals surface area contributed by atoms with Gasteiger partial charge in [0.05, 0.1) is 22.2 Å². The van der Waals surface area contributed by atoms with Crippen LogP contribution in [0.1, 0.15) is 10.5 Å². The van der Waals surface area contributed by atoms with Crippen LogP contribution in [0, 0.1) is 0 Å². The van der Waals surface area contributed by atoms with Crippen molar-refractivity contribution >= 4 is 43.3 Å². The van der Waals surface area contributed by atoms with E-state index < -0.39 is 21.7 Å². The monoisotopic (exact) mass is 408 g/mol. The number of aromatic nitrogens is 3. The molecule has 0 radical (unpaired) electrons. The highest BCUT2D eigenvalue weighted by Crippen LogP contribution is 2.22. The maximum absolute atomic E-state index is 12.5. The summed E-state index contributed by atoms with van der Waals surface area (Å²) in [6.45, 7) is -0.160. The summed E-state index contributed by atoms with van der Waals surface area (Å²) in [6.07, 6.45) is 2.59. The average Bonchev–Trinajstić information content (AvgIpc) is 3.17. The minimum absolute atomic E-state index is 0.144. The van der Waals surface area contributed by atoms with Crippen molar-refractivity contribution in [3.63, 3.8) is 0 Å². The van der Waals surface area contributed by atoms with E-state index in [9.17, 15) is 18.0 Å². The van der Waals surface area contributed by atoms with Crippen LogP contribution < -0.4 is 4.80 Å². The molecule has 0 spiro atoms. The third-order valence-electron chi connectivity index (χ3n) is 3.83. The van der Waals surface area contributed by atoms with Crippen molar-refractivity contribution in [3.05, 3.63) is 41.0 Å². The Morgan fingerprint density at radius 2 is 2.04 bits per heavy atom. The molecule has 27 heavy (non-hydrogen) atoms. The fraction of sp³-hybridized carbons (Fsp3) is 0.250. The summed E-state index contributed by atoms with van der Waals surface area (Å²) < 4.78 is 31.8. The van der Waals surface area contributed by atoms with Gasteiger partial charge in [0.1, 0.15) is 12.2 Å². The first-order valence-corrected chi connectivity index (χ1v) is 10.4. The molecule has 2 aromatic heterocycles. The molecule has 1 amide bonds. The molecule has 142 valence electrons. The number of carbonyl (C=O) groups is 2. The van der Waals surface area contributed by atoms with Crippen LogP contribution in [-0.2, 0) is 33.0 Å². The molecule has 0 N–H and O–H groups in total. The molecule has 0 aliphatic rings. The number of sulfone groups is 1. The zero-order chi connectivity index (χ0) is 19.8. The number of hydrogen-bond donors (Lipinski definition) is 0. The molecule has 0 unspecified atom stereocenters. The molecule has 9 nitrogen and oxygen atoms in total. The van der Waals surface area contributed by atoms with Gasteiger partial charge in [-0.15, -0.1) is 0 Å². The van der Waals surface area contributed by atoms with Crippen molar-refractivity contribution in [2.45, 2.75) is 11.4 Å². The van der Waals surface area contributed by atoms with Gasteiger partial charge in [0.2, 0.25) is 0 Å². The SMILES string of the molecule is COC(=O)Cn1/c(=N/C(=O)c2ccnn2C)sc2cc(S(C)(=O)=O)ccc21. The largest absolute Gasteiger partial charge is 0.468 e. The van der Waals surface area contributed by atoms with E-state index >= 15 is 0 Å². The zero-order valence-corrected chi connectivity index (χ0v) is 16.4. The lowest BCUT2D eigenvalue weighted by Gasteiger charge is -2.04. The Morgan fingerprint density at radius 3 is 2.63 bits per heavy atom. The highest BCUT2D eigenvalue weighted by Gasteiger charge is 2.16. The first kappa shape index (κ1) is 19.0. The quantitative estimate of drug-likeness (QED) is 0.589. The van der Waals surface area contributed by atoms with Crippen LogP contribution in [-0.4, -0.2) is 48.0 Å². The normalized spacial score (nSPS) is 12.5. The Balaban J connectivity index is 2.21. The van der Waals surface area contributed by atoms with E-state index in [1.807, 2.05) is 0 Å². The van der Waals surface area contributed by atoms with Gasteiger partial charge in [-0.25, -0.2) is 8.42 Å². The fourth-order valence-corrected chi connectivity index (χ4v) is 4.23. The number of hydrogen-bond acceptors (Lipinski definition) is 7. The summed E-state index contributed by atoms with van der Waals surface area (Å²) in [4.78, 5) is 28.8. The smallest absolute Gasteiger partial charge is 0.325 e. The second kappa shape index (κ2) is 7.08. The van der Waals surface area contributed by atoms with Crippen molar-refractivity contribution in [1.29, 1.82) is 0 Å². The van der Waals surface area contributed by atoms with Gasteiger partial charge < -0.3 is 9.30 Å². The molecule has 0 saturated carbocycles. The molecule has 0 aliphatic heterocycles. The summed E-state index contributed by atoms with van der Waals surface area (Å²) in [5.74, 6) is -1.04. The van der Waals surface area contributed by atoms with Crippen LogP contribution in [0.3, 0.4) is 0 Å². The van der Waals surface area contributed by atoms with Crippen LogP contribution >= 0.6 is 11.3 Å². The van der Waals surface area contributed by atoms with Gasteiger partial charge in [0.25, 0.3) is 5.91 Å². The minimum Gasteiger partial charge on any atom is -0.468 e. The van der Waals surface area contributed by atoms with E-state index in [1.165, 1.54) is 40.8 Å². The first-order chi connectivity index (χ1) is 12.7. The molecular formula is C16H16N4O5S2. The Labute approximate surface area is 158 Å². The second-order valence-electron chi connectivity index (χ2n) is 5.71. The van der Waals surface area contributed by atoms with Crippen molar-refractivity contribution in [2.75, 3.05) is 13.4 Å². The van der Waals surface area contributed by atoms with E-state index in [0.29, 0.717) is 10.2 Å². The molecule has 2 heterocycles. The summed E-state index contributed by atoms with van der Waals surface area (Å²) in [5, 5.41) is 3.94. The van der Waals surface area contributed by atoms with Gasteiger partial charge in [-0.2, -0.15) is 10.1 Å². The molecule has 0 bridgehead atoms. The minimum atomic E-state index is -3.39. The van der Waals surface area contributed by atoms with E-state index in [2.05, 4.69) is 10.1 Å². The Kier molecular flexibility index (Phi) is 4.98. The number of esters is 1. The fourth-order valence-electron chi connectivity index (χ4n) is 2.44. The first-order valence-electron chi connectivity index (χ1n) is 7.68. The van der Waals surface area contributed by atoms with Crippen LogP contribution in [0.25, 0.3) is 10.2 Å². The molecule has 3 rings (SSSR count). The van der Waals surface area contributed by atoms with Crippen molar-refractivity contribution in [2.24, 2.45) is 12.0 Å². The van der Waals surface area contributed by atoms with Gasteiger partial charge in [0.15, 0.2) is 14.6 Å². The second-order valence-corrected chi connectivity index (χ2v) is 8.73. The standard InChI is InChI=1S/C16H16N4O5S2/c1-19-12(6-7-17-19)15(22)18-16-20(9-14(21)25-2)11-5-4-10(27(3,23)24)8-13(11)26-16/h4-8H,9H2,1-3H3/b18-16-. The molecular weight excluding hydrogens is 392 g/mol. The summed E-state index contributed by atoms with van der Waals surface area (Å²) in [5.41, 5.74) is 0.864. The molecule has 1 aromatic carbocycles. The number of benzene rings is 1. The summed E-state index contributed by atoms with van der Waals surface area (Å²) in [7, 11) is -0.513. The number of rotatable bonds is 4. The number of methoxy groups -OCH3 is 1. The van der Waals surface area contributed by atoms with Gasteiger partial charge >= 0.3 is 5.97 Å². The number of fused-ring (bicyclic) bond motifs is 1. The van der Waals surface area contributed by atoms with Crippen molar-refractivity contribution in [3.8, 4) is 0 Å². The van der Waals surface area contributed by atoms with Crippen molar-refractivity contribution in [1.82, 2.24) is 14.3 Å². The number of carbonyl (C=O) groups excluding carboxylic acids is 2.